The lowest BCUT2D eigenvalue weighted by Crippen LogP contribution is -2.41. The Balaban J connectivity index is 1.26. The first kappa shape index (κ1) is 19.6. The topological polar surface area (TPSA) is 71.0 Å². The van der Waals surface area contributed by atoms with Gasteiger partial charge in [0.05, 0.1) is 21.8 Å². The highest BCUT2D eigenvalue weighted by atomic mass is 32.1. The lowest BCUT2D eigenvalue weighted by atomic mass is 9.97. The van der Waals surface area contributed by atoms with Gasteiger partial charge in [-0.1, -0.05) is 47.7 Å². The molecular formula is C24H23N5OS. The van der Waals surface area contributed by atoms with Gasteiger partial charge in [0.2, 0.25) is 5.91 Å². The Morgan fingerprint density at radius 1 is 1.10 bits per heavy atom. The summed E-state index contributed by atoms with van der Waals surface area (Å²) in [7, 11) is 0. The number of carbonyl (C=O) groups excluding carboxylic acids is 1. The Morgan fingerprint density at radius 3 is 2.77 bits per heavy atom. The molecule has 1 unspecified atom stereocenters. The minimum Gasteiger partial charge on any atom is -0.354 e. The minimum atomic E-state index is -0.0990. The van der Waals surface area contributed by atoms with Crippen molar-refractivity contribution in [3.63, 3.8) is 0 Å². The molecule has 1 N–H and O–H groups in total. The number of aromatic nitrogens is 3. The van der Waals surface area contributed by atoms with Crippen LogP contribution in [0.25, 0.3) is 21.5 Å². The first-order chi connectivity index (χ1) is 15.2. The van der Waals surface area contributed by atoms with Gasteiger partial charge in [0.1, 0.15) is 0 Å². The number of carbonyl (C=O) groups is 1. The average molecular weight is 430 g/mol. The molecule has 0 radical (unpaired) electrons. The molecule has 2 aromatic carbocycles. The molecule has 1 saturated heterocycles. The molecule has 2 aromatic heterocycles. The molecule has 5 rings (SSSR count). The summed E-state index contributed by atoms with van der Waals surface area (Å²) in [6.07, 6.45) is 1.81. The average Bonchev–Trinajstić information content (AvgIpc) is 3.21. The summed E-state index contributed by atoms with van der Waals surface area (Å²) < 4.78 is 1.09. The van der Waals surface area contributed by atoms with Gasteiger partial charge in [-0.15, -0.1) is 10.2 Å². The van der Waals surface area contributed by atoms with Crippen molar-refractivity contribution >= 4 is 38.4 Å². The van der Waals surface area contributed by atoms with Crippen LogP contribution < -0.4 is 10.2 Å². The number of hydrogen-bond acceptors (Lipinski definition) is 6. The summed E-state index contributed by atoms with van der Waals surface area (Å²) in [5, 5.41) is 12.5. The van der Waals surface area contributed by atoms with E-state index in [1.165, 1.54) is 16.9 Å². The third-order valence-corrected chi connectivity index (χ3v) is 6.54. The van der Waals surface area contributed by atoms with Crippen LogP contribution in [0.4, 0.5) is 10.9 Å². The third kappa shape index (κ3) is 4.27. The monoisotopic (exact) mass is 429 g/mol. The first-order valence-electron chi connectivity index (χ1n) is 10.5. The standard InChI is InChI=1S/C24H23N5OS/c1-16-9-10-20-21(14-16)31-24(25-20)26-23(30)18-8-5-13-29(15-18)22-12-11-19(27-28-22)17-6-3-2-4-7-17/h2-4,6-7,9-12,14,18H,5,8,13,15H2,1H3,(H,25,26,30). The second-order valence-electron chi connectivity index (χ2n) is 7.91. The van der Waals surface area contributed by atoms with Crippen LogP contribution in [0.1, 0.15) is 18.4 Å². The summed E-state index contributed by atoms with van der Waals surface area (Å²) in [4.78, 5) is 19.6. The van der Waals surface area contributed by atoms with Crippen LogP contribution in [0, 0.1) is 12.8 Å². The zero-order valence-corrected chi connectivity index (χ0v) is 18.1. The molecule has 0 bridgehead atoms. The SMILES string of the molecule is Cc1ccc2nc(NC(=O)C3CCCN(c4ccc(-c5ccccc5)nn4)C3)sc2c1. The van der Waals surface area contributed by atoms with E-state index in [-0.39, 0.29) is 11.8 Å². The molecule has 1 amide bonds. The van der Waals surface area contributed by atoms with E-state index in [1.807, 2.05) is 54.6 Å². The number of hydrogen-bond donors (Lipinski definition) is 1. The van der Waals surface area contributed by atoms with Crippen molar-refractivity contribution in [2.75, 3.05) is 23.3 Å². The van der Waals surface area contributed by atoms with Gasteiger partial charge < -0.3 is 10.2 Å². The van der Waals surface area contributed by atoms with E-state index < -0.39 is 0 Å². The molecule has 0 aliphatic carbocycles. The van der Waals surface area contributed by atoms with Gasteiger partial charge in [0, 0.05) is 18.7 Å². The molecule has 0 saturated carbocycles. The summed E-state index contributed by atoms with van der Waals surface area (Å²) >= 11 is 1.52. The van der Waals surface area contributed by atoms with E-state index in [4.69, 9.17) is 0 Å². The van der Waals surface area contributed by atoms with Gasteiger partial charge in [-0.3, -0.25) is 4.79 Å². The van der Waals surface area contributed by atoms with Crippen LogP contribution in [0.5, 0.6) is 0 Å². The van der Waals surface area contributed by atoms with Gasteiger partial charge in [-0.05, 0) is 49.6 Å². The summed E-state index contributed by atoms with van der Waals surface area (Å²) in [6, 6.07) is 20.1. The van der Waals surface area contributed by atoms with E-state index in [9.17, 15) is 4.79 Å². The van der Waals surface area contributed by atoms with E-state index in [0.29, 0.717) is 11.7 Å². The highest BCUT2D eigenvalue weighted by Gasteiger charge is 2.27. The normalized spacial score (nSPS) is 16.4. The molecule has 1 atom stereocenters. The minimum absolute atomic E-state index is 0.0225. The molecular weight excluding hydrogens is 406 g/mol. The van der Waals surface area contributed by atoms with Crippen molar-refractivity contribution in [2.24, 2.45) is 5.92 Å². The van der Waals surface area contributed by atoms with Crippen molar-refractivity contribution < 1.29 is 4.79 Å². The number of aryl methyl sites for hydroxylation is 1. The summed E-state index contributed by atoms with van der Waals surface area (Å²) in [5.41, 5.74) is 4.01. The van der Waals surface area contributed by atoms with E-state index >= 15 is 0 Å². The van der Waals surface area contributed by atoms with Crippen molar-refractivity contribution in [1.82, 2.24) is 15.2 Å². The van der Waals surface area contributed by atoms with Crippen LogP contribution in [0.2, 0.25) is 0 Å². The van der Waals surface area contributed by atoms with Gasteiger partial charge in [-0.25, -0.2) is 4.98 Å². The Kier molecular flexibility index (Phi) is 5.34. The highest BCUT2D eigenvalue weighted by Crippen LogP contribution is 2.28. The molecule has 4 aromatic rings. The fourth-order valence-corrected chi connectivity index (χ4v) is 4.92. The second kappa shape index (κ2) is 8.43. The van der Waals surface area contributed by atoms with Crippen LogP contribution in [-0.4, -0.2) is 34.2 Å². The summed E-state index contributed by atoms with van der Waals surface area (Å²) in [5.74, 6) is 0.736. The fraction of sp³-hybridized carbons (Fsp3) is 0.250. The maximum absolute atomic E-state index is 12.9. The molecule has 1 aliphatic rings. The Hall–Kier alpha value is -3.32. The predicted octanol–water partition coefficient (Wildman–Crippen LogP) is 4.92. The van der Waals surface area contributed by atoms with Crippen LogP contribution in [-0.2, 0) is 4.79 Å². The molecule has 6 nitrogen and oxygen atoms in total. The zero-order chi connectivity index (χ0) is 21.2. The van der Waals surface area contributed by atoms with Crippen LogP contribution in [0.15, 0.2) is 60.7 Å². The molecule has 1 fully saturated rings. The Bertz CT molecular complexity index is 1210. The maximum Gasteiger partial charge on any atom is 0.231 e. The number of thiazole rings is 1. The fourth-order valence-electron chi connectivity index (χ4n) is 3.95. The molecule has 31 heavy (non-hydrogen) atoms. The third-order valence-electron chi connectivity index (χ3n) is 5.61. The smallest absolute Gasteiger partial charge is 0.231 e. The van der Waals surface area contributed by atoms with Crippen molar-refractivity contribution in [3.05, 3.63) is 66.2 Å². The number of piperidine rings is 1. The summed E-state index contributed by atoms with van der Waals surface area (Å²) in [6.45, 7) is 3.57. The number of rotatable bonds is 4. The highest BCUT2D eigenvalue weighted by molar-refractivity contribution is 7.22. The number of amides is 1. The van der Waals surface area contributed by atoms with E-state index in [1.54, 1.807) is 0 Å². The predicted molar refractivity (Wildman–Crippen MR) is 125 cm³/mol. The van der Waals surface area contributed by atoms with E-state index in [0.717, 1.165) is 46.7 Å². The van der Waals surface area contributed by atoms with Gasteiger partial charge >= 0.3 is 0 Å². The number of nitrogens with one attached hydrogen (secondary N) is 1. The Labute approximate surface area is 185 Å². The molecule has 156 valence electrons. The van der Waals surface area contributed by atoms with Crippen LogP contribution >= 0.6 is 11.3 Å². The van der Waals surface area contributed by atoms with Crippen molar-refractivity contribution in [2.45, 2.75) is 19.8 Å². The first-order valence-corrected chi connectivity index (χ1v) is 11.3. The molecule has 1 aliphatic heterocycles. The maximum atomic E-state index is 12.9. The number of fused-ring (bicyclic) bond motifs is 1. The zero-order valence-electron chi connectivity index (χ0n) is 17.3. The quantitative estimate of drug-likeness (QED) is 0.499. The lowest BCUT2D eigenvalue weighted by Gasteiger charge is -2.32. The van der Waals surface area contributed by atoms with Gasteiger partial charge in [-0.2, -0.15) is 0 Å². The van der Waals surface area contributed by atoms with Crippen LogP contribution in [0.3, 0.4) is 0 Å². The second-order valence-corrected chi connectivity index (χ2v) is 8.94. The van der Waals surface area contributed by atoms with Crippen molar-refractivity contribution in [3.8, 4) is 11.3 Å². The lowest BCUT2D eigenvalue weighted by molar-refractivity contribution is -0.120. The number of anilines is 2. The largest absolute Gasteiger partial charge is 0.354 e. The van der Waals surface area contributed by atoms with Gasteiger partial charge in [0.25, 0.3) is 0 Å². The number of benzene rings is 2. The Morgan fingerprint density at radius 2 is 1.97 bits per heavy atom. The van der Waals surface area contributed by atoms with E-state index in [2.05, 4.69) is 38.4 Å². The molecule has 3 heterocycles. The van der Waals surface area contributed by atoms with Crippen molar-refractivity contribution in [1.29, 1.82) is 0 Å². The number of nitrogens with zero attached hydrogens (tertiary/aromatic N) is 4. The molecule has 0 spiro atoms. The molecule has 7 heteroatoms. The van der Waals surface area contributed by atoms with Gasteiger partial charge in [0.15, 0.2) is 10.9 Å².